The highest BCUT2D eigenvalue weighted by molar-refractivity contribution is 7.98. The Morgan fingerprint density at radius 3 is 3.10 bits per heavy atom. The molecule has 0 saturated carbocycles. The van der Waals surface area contributed by atoms with Crippen LogP contribution >= 0.6 is 11.8 Å². The first kappa shape index (κ1) is 14.4. The number of amides is 1. The average Bonchev–Trinajstić information content (AvgIpc) is 2.86. The monoisotopic (exact) mass is 303 g/mol. The minimum absolute atomic E-state index is 0.147. The van der Waals surface area contributed by atoms with Crippen molar-refractivity contribution in [1.29, 1.82) is 0 Å². The molecule has 0 aromatic carbocycles. The Balaban J connectivity index is 1.79. The summed E-state index contributed by atoms with van der Waals surface area (Å²) in [7, 11) is 0. The molecule has 1 saturated heterocycles. The van der Waals surface area contributed by atoms with E-state index in [9.17, 15) is 4.79 Å². The highest BCUT2D eigenvalue weighted by Crippen LogP contribution is 2.21. The topological polar surface area (TPSA) is 37.6 Å². The van der Waals surface area contributed by atoms with Gasteiger partial charge in [-0.3, -0.25) is 4.79 Å². The van der Waals surface area contributed by atoms with Gasteiger partial charge in [-0.1, -0.05) is 0 Å². The van der Waals surface area contributed by atoms with Crippen LogP contribution in [0.25, 0.3) is 5.65 Å². The Morgan fingerprint density at radius 2 is 2.29 bits per heavy atom. The molecule has 3 heterocycles. The molecule has 4 nitrogen and oxygen atoms in total. The number of likely N-dealkylation sites (tertiary alicyclic amines) is 1. The molecular weight excluding hydrogens is 282 g/mol. The first-order valence-corrected chi connectivity index (χ1v) is 8.80. The molecular formula is C16H21N3OS. The number of fused-ring (bicyclic) bond motifs is 1. The van der Waals surface area contributed by atoms with Crippen LogP contribution in [0.3, 0.4) is 0 Å². The zero-order valence-corrected chi connectivity index (χ0v) is 13.4. The molecule has 112 valence electrons. The average molecular weight is 303 g/mol. The van der Waals surface area contributed by atoms with Crippen molar-refractivity contribution in [2.45, 2.75) is 19.8 Å². The lowest BCUT2D eigenvalue weighted by molar-refractivity contribution is 0.0685. The van der Waals surface area contributed by atoms with E-state index < -0.39 is 0 Å². The Labute approximate surface area is 129 Å². The molecule has 5 heteroatoms. The van der Waals surface area contributed by atoms with Gasteiger partial charge < -0.3 is 9.30 Å². The largest absolute Gasteiger partial charge is 0.338 e. The van der Waals surface area contributed by atoms with Gasteiger partial charge >= 0.3 is 0 Å². The summed E-state index contributed by atoms with van der Waals surface area (Å²) < 4.78 is 1.94. The Morgan fingerprint density at radius 1 is 1.43 bits per heavy atom. The summed E-state index contributed by atoms with van der Waals surface area (Å²) in [5, 5.41) is 0. The standard InChI is InChI=1S/C16H21N3OS/c1-12-8-19-10-14(5-6-15(19)17-12)16(20)18-7-3-4-13(9-18)11-21-2/h5-6,8,10,13H,3-4,7,9,11H2,1-2H3/t13-/m1/s1. The predicted octanol–water partition coefficient (Wildman–Crippen LogP) is 2.86. The second-order valence-corrected chi connectivity index (χ2v) is 6.69. The van der Waals surface area contributed by atoms with Crippen molar-refractivity contribution >= 4 is 23.3 Å². The van der Waals surface area contributed by atoms with Crippen LogP contribution in [-0.4, -0.2) is 45.3 Å². The molecule has 0 aliphatic carbocycles. The molecule has 1 aliphatic heterocycles. The lowest BCUT2D eigenvalue weighted by Crippen LogP contribution is -2.40. The van der Waals surface area contributed by atoms with Crippen LogP contribution in [0.4, 0.5) is 0 Å². The molecule has 0 radical (unpaired) electrons. The van der Waals surface area contributed by atoms with Gasteiger partial charge in [0.05, 0.1) is 11.3 Å². The summed E-state index contributed by atoms with van der Waals surface area (Å²) in [5.41, 5.74) is 2.62. The van der Waals surface area contributed by atoms with Crippen molar-refractivity contribution in [3.05, 3.63) is 35.8 Å². The van der Waals surface area contributed by atoms with Gasteiger partial charge in [-0.05, 0) is 49.8 Å². The second kappa shape index (κ2) is 6.10. The Hall–Kier alpha value is -1.49. The summed E-state index contributed by atoms with van der Waals surface area (Å²) in [6, 6.07) is 3.81. The van der Waals surface area contributed by atoms with Gasteiger partial charge in [-0.25, -0.2) is 4.98 Å². The third kappa shape index (κ3) is 3.07. The maximum Gasteiger partial charge on any atom is 0.255 e. The molecule has 1 atom stereocenters. The van der Waals surface area contributed by atoms with Crippen molar-refractivity contribution in [2.75, 3.05) is 25.1 Å². The van der Waals surface area contributed by atoms with Crippen LogP contribution in [-0.2, 0) is 0 Å². The number of carbonyl (C=O) groups excluding carboxylic acids is 1. The van der Waals surface area contributed by atoms with Gasteiger partial charge in [0, 0.05) is 25.5 Å². The smallest absolute Gasteiger partial charge is 0.255 e. The predicted molar refractivity (Wildman–Crippen MR) is 86.9 cm³/mol. The number of pyridine rings is 1. The van der Waals surface area contributed by atoms with E-state index in [1.807, 2.05) is 52.5 Å². The molecule has 21 heavy (non-hydrogen) atoms. The first-order valence-electron chi connectivity index (χ1n) is 7.41. The fraction of sp³-hybridized carbons (Fsp3) is 0.500. The third-order valence-corrected chi connectivity index (χ3v) is 4.83. The minimum atomic E-state index is 0.147. The molecule has 0 N–H and O–H groups in total. The zero-order chi connectivity index (χ0) is 14.8. The number of aromatic nitrogens is 2. The number of thioether (sulfide) groups is 1. The van der Waals surface area contributed by atoms with E-state index in [0.29, 0.717) is 5.92 Å². The quantitative estimate of drug-likeness (QED) is 0.875. The highest BCUT2D eigenvalue weighted by atomic mass is 32.2. The molecule has 2 aromatic heterocycles. The number of piperidine rings is 1. The summed E-state index contributed by atoms with van der Waals surface area (Å²) >= 11 is 1.87. The highest BCUT2D eigenvalue weighted by Gasteiger charge is 2.24. The summed E-state index contributed by atoms with van der Waals surface area (Å²) in [6.07, 6.45) is 8.35. The van der Waals surface area contributed by atoms with Crippen LogP contribution in [0.5, 0.6) is 0 Å². The fourth-order valence-electron chi connectivity index (χ4n) is 3.05. The number of nitrogens with zero attached hydrogens (tertiary/aromatic N) is 3. The summed E-state index contributed by atoms with van der Waals surface area (Å²) in [4.78, 5) is 19.1. The van der Waals surface area contributed by atoms with E-state index in [4.69, 9.17) is 0 Å². The summed E-state index contributed by atoms with van der Waals surface area (Å²) in [6.45, 7) is 3.73. The molecule has 1 aliphatic rings. The van der Waals surface area contributed by atoms with Gasteiger partial charge in [0.25, 0.3) is 5.91 Å². The van der Waals surface area contributed by atoms with Gasteiger partial charge in [0.2, 0.25) is 0 Å². The maximum absolute atomic E-state index is 12.7. The van der Waals surface area contributed by atoms with Crippen molar-refractivity contribution < 1.29 is 4.79 Å². The molecule has 2 aromatic rings. The van der Waals surface area contributed by atoms with Crippen molar-refractivity contribution in [3.63, 3.8) is 0 Å². The molecule has 3 rings (SSSR count). The van der Waals surface area contributed by atoms with E-state index in [1.165, 1.54) is 6.42 Å². The van der Waals surface area contributed by atoms with E-state index in [-0.39, 0.29) is 5.91 Å². The number of carbonyl (C=O) groups is 1. The molecule has 0 unspecified atom stereocenters. The molecule has 1 amide bonds. The van der Waals surface area contributed by atoms with Gasteiger partial charge in [0.15, 0.2) is 0 Å². The Bertz CT molecular complexity index is 650. The van der Waals surface area contributed by atoms with E-state index in [0.717, 1.165) is 42.2 Å². The van der Waals surface area contributed by atoms with E-state index >= 15 is 0 Å². The van der Waals surface area contributed by atoms with Crippen molar-refractivity contribution in [1.82, 2.24) is 14.3 Å². The lowest BCUT2D eigenvalue weighted by atomic mass is 9.99. The van der Waals surface area contributed by atoms with Gasteiger partial charge in [0.1, 0.15) is 5.65 Å². The Kier molecular flexibility index (Phi) is 4.19. The number of hydrogen-bond acceptors (Lipinski definition) is 3. The van der Waals surface area contributed by atoms with E-state index in [2.05, 4.69) is 11.2 Å². The van der Waals surface area contributed by atoms with E-state index in [1.54, 1.807) is 0 Å². The van der Waals surface area contributed by atoms with Crippen LogP contribution in [0.1, 0.15) is 28.9 Å². The van der Waals surface area contributed by atoms with Crippen LogP contribution in [0, 0.1) is 12.8 Å². The number of rotatable bonds is 3. The van der Waals surface area contributed by atoms with Gasteiger partial charge in [-0.15, -0.1) is 0 Å². The van der Waals surface area contributed by atoms with Crippen LogP contribution in [0.15, 0.2) is 24.5 Å². The first-order chi connectivity index (χ1) is 10.2. The van der Waals surface area contributed by atoms with Crippen LogP contribution < -0.4 is 0 Å². The number of aryl methyl sites for hydroxylation is 1. The minimum Gasteiger partial charge on any atom is -0.338 e. The lowest BCUT2D eigenvalue weighted by Gasteiger charge is -2.32. The third-order valence-electron chi connectivity index (χ3n) is 4.03. The second-order valence-electron chi connectivity index (χ2n) is 5.78. The van der Waals surface area contributed by atoms with Gasteiger partial charge in [-0.2, -0.15) is 11.8 Å². The zero-order valence-electron chi connectivity index (χ0n) is 12.6. The normalized spacial score (nSPS) is 19.1. The number of hydrogen-bond donors (Lipinski definition) is 0. The SMILES string of the molecule is CSC[C@@H]1CCCN(C(=O)c2ccc3nc(C)cn3c2)C1. The van der Waals surface area contributed by atoms with Crippen LogP contribution in [0.2, 0.25) is 0 Å². The maximum atomic E-state index is 12.7. The van der Waals surface area contributed by atoms with Crippen molar-refractivity contribution in [2.24, 2.45) is 5.92 Å². The fourth-order valence-corrected chi connectivity index (χ4v) is 3.79. The number of imidazole rings is 1. The van der Waals surface area contributed by atoms with Crippen molar-refractivity contribution in [3.8, 4) is 0 Å². The molecule has 0 spiro atoms. The molecule has 0 bridgehead atoms. The summed E-state index contributed by atoms with van der Waals surface area (Å²) in [5.74, 6) is 1.93. The molecule has 1 fully saturated rings.